The summed E-state index contributed by atoms with van der Waals surface area (Å²) in [4.78, 5) is 69.6. The molecule has 0 amide bonds. The van der Waals surface area contributed by atoms with E-state index in [-0.39, 0.29) is 22.3 Å². The number of aromatic carboxylic acids is 4. The van der Waals surface area contributed by atoms with Crippen LogP contribution in [0.3, 0.4) is 0 Å². The van der Waals surface area contributed by atoms with Crippen molar-refractivity contribution < 1.29 is 39.6 Å². The lowest BCUT2D eigenvalue weighted by Crippen LogP contribution is -2.28. The Kier molecular flexibility index (Phi) is 12.2. The normalized spacial score (nSPS) is 17.8. The highest BCUT2D eigenvalue weighted by atomic mass is 16.4. The number of rotatable bonds is 12. The zero-order valence-electron chi connectivity index (χ0n) is 42.5. The fourth-order valence-corrected chi connectivity index (χ4v) is 11.3. The van der Waals surface area contributed by atoms with Crippen LogP contribution in [0, 0.1) is 0 Å². The van der Waals surface area contributed by atoms with Crippen LogP contribution in [-0.4, -0.2) is 67.6 Å². The van der Waals surface area contributed by atoms with E-state index in [2.05, 4.69) is 63.7 Å². The van der Waals surface area contributed by atoms with Crippen LogP contribution < -0.4 is 21.3 Å². The van der Waals surface area contributed by atoms with Gasteiger partial charge in [0.25, 0.3) is 0 Å². The summed E-state index contributed by atoms with van der Waals surface area (Å²) in [5.41, 5.74) is 14.2. The van der Waals surface area contributed by atoms with Crippen LogP contribution in [-0.2, 0) is 25.7 Å². The van der Waals surface area contributed by atoms with Gasteiger partial charge in [-0.15, -0.1) is 0 Å². The third-order valence-electron chi connectivity index (χ3n) is 15.2. The highest BCUT2D eigenvalue weighted by molar-refractivity contribution is 6.09. The van der Waals surface area contributed by atoms with Crippen LogP contribution in [0.15, 0.2) is 190 Å². The molecule has 13 rings (SSSR count). The molecule has 8 bridgehead atoms. The van der Waals surface area contributed by atoms with Crippen molar-refractivity contribution in [1.82, 2.24) is 21.3 Å². The molecule has 0 radical (unpaired) electrons. The van der Waals surface area contributed by atoms with E-state index in [1.165, 1.54) is 17.7 Å². The molecule has 4 unspecified atom stereocenters. The van der Waals surface area contributed by atoms with Crippen LogP contribution in [0.25, 0.3) is 0 Å². The fourth-order valence-electron chi connectivity index (χ4n) is 11.3. The summed E-state index contributed by atoms with van der Waals surface area (Å²) in [6.45, 7) is 0. The zero-order chi connectivity index (χ0) is 54.8. The number of benzene rings is 8. The SMILES string of the molecule is O=C(O)c1ccc(Cc2ccc3c(c2)C2N=C4NC(N=C5NC(N=C6NC(N=C3N2)c2cc(Cc3ccc(C(=O)O)c(C(=O)O)c3)ccc26)c2cc(Cc3cccc(C(=O)O)c3)ccc25)c2cc(Cc3ccccc3)ccc24)cc1. The zero-order valence-corrected chi connectivity index (χ0v) is 42.5. The topological polar surface area (TPSA) is 247 Å². The number of nitrogens with one attached hydrogen (secondary N) is 4. The van der Waals surface area contributed by atoms with E-state index in [4.69, 9.17) is 20.0 Å². The van der Waals surface area contributed by atoms with Gasteiger partial charge in [-0.05, 0) is 107 Å². The average molecular weight is 1060 g/mol. The Morgan fingerprint density at radius 1 is 0.312 bits per heavy atom. The minimum atomic E-state index is -1.33. The maximum absolute atomic E-state index is 12.2. The number of amidine groups is 4. The van der Waals surface area contributed by atoms with Crippen molar-refractivity contribution in [2.45, 2.75) is 50.3 Å². The largest absolute Gasteiger partial charge is 0.478 e. The van der Waals surface area contributed by atoms with Gasteiger partial charge >= 0.3 is 23.9 Å². The quantitative estimate of drug-likeness (QED) is 0.0570. The van der Waals surface area contributed by atoms with Crippen molar-refractivity contribution in [2.75, 3.05) is 0 Å². The molecule has 5 heterocycles. The predicted octanol–water partition coefficient (Wildman–Crippen LogP) is 9.35. The second-order valence-electron chi connectivity index (χ2n) is 20.5. The average Bonchev–Trinajstić information content (AvgIpc) is 4.18. The van der Waals surface area contributed by atoms with E-state index >= 15 is 0 Å². The van der Waals surface area contributed by atoms with E-state index in [0.29, 0.717) is 54.6 Å². The number of fused-ring (bicyclic) bond motifs is 20. The lowest BCUT2D eigenvalue weighted by Gasteiger charge is -2.14. The molecule has 392 valence electrons. The van der Waals surface area contributed by atoms with Crippen LogP contribution in [0.2, 0.25) is 0 Å². The van der Waals surface area contributed by atoms with Gasteiger partial charge in [0.2, 0.25) is 0 Å². The van der Waals surface area contributed by atoms with E-state index in [1.807, 2.05) is 78.9 Å². The Labute approximate surface area is 457 Å². The van der Waals surface area contributed by atoms with Gasteiger partial charge in [0.05, 0.1) is 22.3 Å². The lowest BCUT2D eigenvalue weighted by molar-refractivity contribution is 0.0651. The molecule has 0 saturated carbocycles. The van der Waals surface area contributed by atoms with Crippen LogP contribution >= 0.6 is 0 Å². The second kappa shape index (κ2) is 19.8. The van der Waals surface area contributed by atoms with E-state index in [1.54, 1.807) is 36.4 Å². The first-order chi connectivity index (χ1) is 38.8. The Hall–Kier alpha value is -10.5. The smallest absolute Gasteiger partial charge is 0.336 e. The van der Waals surface area contributed by atoms with Gasteiger partial charge in [-0.3, -0.25) is 0 Å². The van der Waals surface area contributed by atoms with E-state index in [9.17, 15) is 39.6 Å². The molecule has 0 aromatic heterocycles. The molecule has 8 N–H and O–H groups in total. The predicted molar refractivity (Wildman–Crippen MR) is 300 cm³/mol. The van der Waals surface area contributed by atoms with Crippen LogP contribution in [0.4, 0.5) is 0 Å². The van der Waals surface area contributed by atoms with Gasteiger partial charge in [-0.1, -0.05) is 133 Å². The molecule has 16 heteroatoms. The molecule has 0 spiro atoms. The second-order valence-corrected chi connectivity index (χ2v) is 20.5. The summed E-state index contributed by atoms with van der Waals surface area (Å²) in [6.07, 6.45) is -0.489. The molecule has 0 saturated heterocycles. The summed E-state index contributed by atoms with van der Waals surface area (Å²) in [5.74, 6) is -2.25. The first kappa shape index (κ1) is 49.1. The van der Waals surface area contributed by atoms with Crippen molar-refractivity contribution in [1.29, 1.82) is 0 Å². The fraction of sp³-hybridized carbons (Fsp3) is 0.125. The molecule has 0 fully saturated rings. The molecular formula is C64H48N8O8. The number of aliphatic imine (C=N–C) groups is 4. The van der Waals surface area contributed by atoms with Crippen molar-refractivity contribution in [2.24, 2.45) is 20.0 Å². The third-order valence-corrected chi connectivity index (χ3v) is 15.2. The van der Waals surface area contributed by atoms with Gasteiger partial charge in [0.15, 0.2) is 0 Å². The Balaban J connectivity index is 0.958. The Bertz CT molecular complexity index is 4080. The first-order valence-electron chi connectivity index (χ1n) is 26.0. The van der Waals surface area contributed by atoms with Gasteiger partial charge in [0, 0.05) is 44.5 Å². The van der Waals surface area contributed by atoms with Crippen molar-refractivity contribution >= 4 is 47.2 Å². The highest BCUT2D eigenvalue weighted by Crippen LogP contribution is 2.39. The van der Waals surface area contributed by atoms with Crippen LogP contribution in [0.5, 0.6) is 0 Å². The molecule has 16 nitrogen and oxygen atoms in total. The number of carbonyl (C=O) groups is 4. The molecular weight excluding hydrogens is 1010 g/mol. The summed E-state index contributed by atoms with van der Waals surface area (Å²) in [7, 11) is 0. The van der Waals surface area contributed by atoms with Gasteiger partial charge < -0.3 is 41.7 Å². The van der Waals surface area contributed by atoms with Crippen molar-refractivity contribution in [3.05, 3.63) is 281 Å². The molecule has 0 aliphatic carbocycles. The number of nitrogens with zero attached hydrogens (tertiary/aromatic N) is 4. The van der Waals surface area contributed by atoms with Gasteiger partial charge in [-0.2, -0.15) is 0 Å². The molecule has 8 aromatic rings. The molecule has 4 atom stereocenters. The van der Waals surface area contributed by atoms with Gasteiger partial charge in [0.1, 0.15) is 48.0 Å². The number of hydrogen-bond donors (Lipinski definition) is 8. The summed E-state index contributed by atoms with van der Waals surface area (Å²) >= 11 is 0. The minimum absolute atomic E-state index is 0.208. The minimum Gasteiger partial charge on any atom is -0.478 e. The van der Waals surface area contributed by atoms with E-state index in [0.717, 1.165) is 77.9 Å². The maximum atomic E-state index is 12.2. The number of carboxylic acids is 4. The monoisotopic (exact) mass is 1060 g/mol. The molecule has 80 heavy (non-hydrogen) atoms. The lowest BCUT2D eigenvalue weighted by atomic mass is 9.96. The van der Waals surface area contributed by atoms with Crippen LogP contribution in [0.1, 0.15) is 155 Å². The third kappa shape index (κ3) is 9.37. The maximum Gasteiger partial charge on any atom is 0.336 e. The molecule has 8 aromatic carbocycles. The standard InChI is InChI=1S/C64H48N8O8/c73-61(74)41-16-9-34(10-17-41)24-37-12-19-44-49(29-37)58-66-53-43-18-11-36(23-33-5-2-1-3-6-33)28-48(43)57(65-53)68-55-45-20-13-38(25-35-7-4-8-42(27-35)62(75)76)30-50(45)59(70-55)71-56-46-21-14-39(31-51(46)60(72-56)69-54(44)67-58)26-40-15-22-47(63(77)78)52(32-40)64(79)80/h1-22,27-32,57-60H,23-26H2,(H,65,66)(H,67,69)(H,68,70)(H,71,72)(H,73,74)(H,75,76)(H,77,78)(H,79,80). The Morgan fingerprint density at radius 2 is 0.650 bits per heavy atom. The summed E-state index contributed by atoms with van der Waals surface area (Å²) in [6, 6.07) is 53.2. The molecule has 5 aliphatic heterocycles. The van der Waals surface area contributed by atoms with Crippen molar-refractivity contribution in [3.63, 3.8) is 0 Å². The number of carboxylic acid groups (broad SMARTS) is 4. The molecule has 5 aliphatic rings. The van der Waals surface area contributed by atoms with Crippen molar-refractivity contribution in [3.8, 4) is 0 Å². The highest BCUT2D eigenvalue weighted by Gasteiger charge is 2.37. The van der Waals surface area contributed by atoms with Gasteiger partial charge in [-0.25, -0.2) is 39.1 Å². The first-order valence-corrected chi connectivity index (χ1v) is 26.0. The summed E-state index contributed by atoms with van der Waals surface area (Å²) in [5, 5.41) is 53.7. The number of hydrogen-bond acceptors (Lipinski definition) is 12. The van der Waals surface area contributed by atoms with E-state index < -0.39 is 48.5 Å². The summed E-state index contributed by atoms with van der Waals surface area (Å²) < 4.78 is 0. The Morgan fingerprint density at radius 3 is 1.05 bits per heavy atom.